The molecule has 0 aromatic heterocycles. The van der Waals surface area contributed by atoms with Gasteiger partial charge in [0.25, 0.3) is 10.1 Å². The van der Waals surface area contributed by atoms with Crippen molar-refractivity contribution in [1.82, 2.24) is 0 Å². The Hall–Kier alpha value is -0.0200. The third-order valence-corrected chi connectivity index (χ3v) is 3.38. The van der Waals surface area contributed by atoms with Crippen molar-refractivity contribution in [3.05, 3.63) is 0 Å². The van der Waals surface area contributed by atoms with Crippen LogP contribution in [0.4, 0.5) is 0 Å². The van der Waals surface area contributed by atoms with Gasteiger partial charge in [-0.05, 0) is 6.92 Å². The zero-order valence-electron chi connectivity index (χ0n) is 6.96. The third kappa shape index (κ3) is 4.67. The second kappa shape index (κ2) is 5.01. The van der Waals surface area contributed by atoms with Crippen molar-refractivity contribution in [3.8, 4) is 6.07 Å². The maximum Gasteiger partial charge on any atom is 0.270 e. The van der Waals surface area contributed by atoms with Gasteiger partial charge < -0.3 is 0 Å². The fourth-order valence-corrected chi connectivity index (χ4v) is 2.16. The van der Waals surface area contributed by atoms with Gasteiger partial charge in [0, 0.05) is 5.88 Å². The third-order valence-electron chi connectivity index (χ3n) is 1.13. The van der Waals surface area contributed by atoms with E-state index in [1.165, 1.54) is 6.92 Å². The van der Waals surface area contributed by atoms with Crippen molar-refractivity contribution in [2.24, 2.45) is 0 Å². The van der Waals surface area contributed by atoms with Gasteiger partial charge in [-0.2, -0.15) is 13.7 Å². The summed E-state index contributed by atoms with van der Waals surface area (Å²) < 4.78 is 26.7. The maximum atomic E-state index is 11.0. The van der Waals surface area contributed by atoms with Crippen LogP contribution in [0, 0.1) is 11.3 Å². The zero-order chi connectivity index (χ0) is 10.5. The van der Waals surface area contributed by atoms with E-state index in [-0.39, 0.29) is 17.5 Å². The van der Waals surface area contributed by atoms with Crippen LogP contribution in [0.5, 0.6) is 0 Å². The average molecular weight is 246 g/mol. The predicted octanol–water partition coefficient (Wildman–Crippen LogP) is 1.09. The van der Waals surface area contributed by atoms with Crippen LogP contribution in [-0.2, 0) is 14.3 Å². The lowest BCUT2D eigenvalue weighted by Gasteiger charge is -2.17. The molecular weight excluding hydrogens is 237 g/mol. The van der Waals surface area contributed by atoms with E-state index in [1.54, 1.807) is 6.07 Å². The molecule has 0 radical (unpaired) electrons. The molecule has 0 aliphatic rings. The molecule has 0 saturated heterocycles. The van der Waals surface area contributed by atoms with Crippen molar-refractivity contribution in [3.63, 3.8) is 0 Å². The molecule has 0 bridgehead atoms. The molecule has 0 aliphatic heterocycles. The standard InChI is InChI=1S/C6H9Cl2NO3S/c1-6(4-8,5-9)12-13(10,11)3-2-7/h2-4H2,1H3/t6-/m1/s1. The second-order valence-corrected chi connectivity index (χ2v) is 4.85. The minimum absolute atomic E-state index is 0.0773. The van der Waals surface area contributed by atoms with Gasteiger partial charge in [-0.3, -0.25) is 0 Å². The predicted molar refractivity (Wildman–Crippen MR) is 50.3 cm³/mol. The van der Waals surface area contributed by atoms with Gasteiger partial charge in [0.1, 0.15) is 6.07 Å². The minimum atomic E-state index is -3.75. The van der Waals surface area contributed by atoms with E-state index >= 15 is 0 Å². The Kier molecular flexibility index (Phi) is 5.00. The lowest BCUT2D eigenvalue weighted by molar-refractivity contribution is 0.182. The first-order valence-electron chi connectivity index (χ1n) is 3.35. The molecular formula is C6H9Cl2NO3S. The van der Waals surface area contributed by atoms with Crippen LogP contribution < -0.4 is 0 Å². The van der Waals surface area contributed by atoms with Crippen molar-refractivity contribution in [2.45, 2.75) is 12.5 Å². The summed E-state index contributed by atoms with van der Waals surface area (Å²) in [4.78, 5) is 0. The molecule has 7 heteroatoms. The highest BCUT2D eigenvalue weighted by Gasteiger charge is 2.30. The van der Waals surface area contributed by atoms with E-state index < -0.39 is 15.7 Å². The normalized spacial score (nSPS) is 16.2. The molecule has 0 aromatic carbocycles. The summed E-state index contributed by atoms with van der Waals surface area (Å²) in [5, 5.41) is 8.56. The van der Waals surface area contributed by atoms with Crippen LogP contribution in [0.1, 0.15) is 6.92 Å². The van der Waals surface area contributed by atoms with Crippen molar-refractivity contribution >= 4 is 33.3 Å². The Morgan fingerprint density at radius 1 is 1.54 bits per heavy atom. The summed E-state index contributed by atoms with van der Waals surface area (Å²) in [6, 6.07) is 1.67. The summed E-state index contributed by atoms with van der Waals surface area (Å²) in [6.07, 6.45) is 0. The van der Waals surface area contributed by atoms with E-state index in [9.17, 15) is 8.42 Å². The molecule has 13 heavy (non-hydrogen) atoms. The molecule has 0 aromatic rings. The Morgan fingerprint density at radius 3 is 2.38 bits per heavy atom. The monoisotopic (exact) mass is 245 g/mol. The first-order valence-corrected chi connectivity index (χ1v) is 6.00. The number of nitriles is 1. The summed E-state index contributed by atoms with van der Waals surface area (Å²) in [5.41, 5.74) is -1.51. The van der Waals surface area contributed by atoms with E-state index in [1.807, 2.05) is 0 Å². The quantitative estimate of drug-likeness (QED) is 0.538. The SMILES string of the molecule is C[C@](C#N)(CCl)OS(=O)(=O)CCCl. The summed E-state index contributed by atoms with van der Waals surface area (Å²) in [7, 11) is -3.75. The van der Waals surface area contributed by atoms with Crippen LogP contribution in [0.25, 0.3) is 0 Å². The van der Waals surface area contributed by atoms with Gasteiger partial charge >= 0.3 is 0 Å². The Balaban J connectivity index is 4.52. The molecule has 0 aliphatic carbocycles. The fraction of sp³-hybridized carbons (Fsp3) is 0.833. The Bertz CT molecular complexity index is 297. The van der Waals surface area contributed by atoms with E-state index in [0.29, 0.717) is 0 Å². The number of hydrogen-bond donors (Lipinski definition) is 0. The molecule has 4 nitrogen and oxygen atoms in total. The summed E-state index contributed by atoms with van der Waals surface area (Å²) in [6.45, 7) is 1.30. The Labute approximate surface area is 87.5 Å². The van der Waals surface area contributed by atoms with Crippen molar-refractivity contribution in [1.29, 1.82) is 5.26 Å². The highest BCUT2D eigenvalue weighted by atomic mass is 35.5. The molecule has 0 N–H and O–H groups in total. The average Bonchev–Trinajstić information content (AvgIpc) is 2.03. The molecule has 0 rings (SSSR count). The van der Waals surface area contributed by atoms with E-state index in [2.05, 4.69) is 4.18 Å². The van der Waals surface area contributed by atoms with Crippen LogP contribution in [0.3, 0.4) is 0 Å². The molecule has 0 unspecified atom stereocenters. The maximum absolute atomic E-state index is 11.0. The molecule has 0 spiro atoms. The fourth-order valence-electron chi connectivity index (χ4n) is 0.487. The number of rotatable bonds is 5. The van der Waals surface area contributed by atoms with E-state index in [0.717, 1.165) is 0 Å². The van der Waals surface area contributed by atoms with Gasteiger partial charge in [-0.25, -0.2) is 4.18 Å². The molecule has 76 valence electrons. The van der Waals surface area contributed by atoms with Crippen LogP contribution in [0.15, 0.2) is 0 Å². The highest BCUT2D eigenvalue weighted by Crippen LogP contribution is 2.15. The van der Waals surface area contributed by atoms with Gasteiger partial charge in [0.05, 0.1) is 11.6 Å². The van der Waals surface area contributed by atoms with Crippen molar-refractivity contribution < 1.29 is 12.6 Å². The van der Waals surface area contributed by atoms with Gasteiger partial charge in [0.2, 0.25) is 0 Å². The molecule has 0 saturated carbocycles. The highest BCUT2D eigenvalue weighted by molar-refractivity contribution is 7.86. The van der Waals surface area contributed by atoms with Gasteiger partial charge in [0.15, 0.2) is 5.60 Å². The first-order chi connectivity index (χ1) is 5.89. The topological polar surface area (TPSA) is 67.2 Å². The number of hydrogen-bond acceptors (Lipinski definition) is 4. The summed E-state index contributed by atoms with van der Waals surface area (Å²) in [5.74, 6) is -0.625. The Morgan fingerprint density at radius 2 is 2.08 bits per heavy atom. The molecule has 0 heterocycles. The zero-order valence-corrected chi connectivity index (χ0v) is 9.29. The first kappa shape index (κ1) is 13.0. The van der Waals surface area contributed by atoms with Crippen LogP contribution in [0.2, 0.25) is 0 Å². The number of alkyl halides is 2. The lowest BCUT2D eigenvalue weighted by Crippen LogP contribution is -2.33. The van der Waals surface area contributed by atoms with E-state index in [4.69, 9.17) is 28.5 Å². The lowest BCUT2D eigenvalue weighted by atomic mass is 10.2. The molecule has 0 amide bonds. The van der Waals surface area contributed by atoms with Gasteiger partial charge in [-0.1, -0.05) is 0 Å². The van der Waals surface area contributed by atoms with Crippen molar-refractivity contribution in [2.75, 3.05) is 17.5 Å². The molecule has 1 atom stereocenters. The number of nitrogens with zero attached hydrogens (tertiary/aromatic N) is 1. The van der Waals surface area contributed by atoms with Gasteiger partial charge in [-0.15, -0.1) is 23.2 Å². The minimum Gasteiger partial charge on any atom is -0.247 e. The number of halogens is 2. The molecule has 0 fully saturated rings. The summed E-state index contributed by atoms with van der Waals surface area (Å²) >= 11 is 10.6. The second-order valence-electron chi connectivity index (χ2n) is 2.51. The van der Waals surface area contributed by atoms with Crippen LogP contribution >= 0.6 is 23.2 Å². The largest absolute Gasteiger partial charge is 0.270 e. The van der Waals surface area contributed by atoms with Crippen LogP contribution in [-0.4, -0.2) is 31.5 Å². The smallest absolute Gasteiger partial charge is 0.247 e.